The van der Waals surface area contributed by atoms with Gasteiger partial charge >= 0.3 is 5.97 Å². The molecule has 142 valence electrons. The summed E-state index contributed by atoms with van der Waals surface area (Å²) in [5, 5.41) is 5.33. The van der Waals surface area contributed by atoms with Crippen molar-refractivity contribution >= 4 is 29.2 Å². The number of ether oxygens (including phenoxy) is 1. The summed E-state index contributed by atoms with van der Waals surface area (Å²) in [5.74, 6) is -3.01. The lowest BCUT2D eigenvalue weighted by atomic mass is 10.2. The molecule has 0 atom stereocenters. The van der Waals surface area contributed by atoms with E-state index in [1.807, 2.05) is 0 Å². The van der Waals surface area contributed by atoms with E-state index >= 15 is 0 Å². The highest BCUT2D eigenvalue weighted by atomic mass is 19.2. The molecule has 28 heavy (non-hydrogen) atoms. The van der Waals surface area contributed by atoms with Crippen LogP contribution in [0.1, 0.15) is 20.8 Å². The van der Waals surface area contributed by atoms with Crippen LogP contribution in [0.15, 0.2) is 54.7 Å². The summed E-state index contributed by atoms with van der Waals surface area (Å²) >= 11 is 0. The van der Waals surface area contributed by atoms with Crippen molar-refractivity contribution in [2.45, 2.75) is 0 Å². The SMILES string of the molecule is COC(=O)c1ccc(Nc2nccc(C(=O)Nc3ccc(F)c(F)c3)n2)cc1. The number of esters is 1. The molecule has 1 amide bonds. The van der Waals surface area contributed by atoms with Crippen LogP contribution in [0.4, 0.5) is 26.1 Å². The van der Waals surface area contributed by atoms with Crippen molar-refractivity contribution < 1.29 is 23.1 Å². The van der Waals surface area contributed by atoms with E-state index < -0.39 is 23.5 Å². The van der Waals surface area contributed by atoms with Crippen molar-refractivity contribution in [3.05, 3.63) is 77.6 Å². The molecule has 0 bridgehead atoms. The number of hydrogen-bond donors (Lipinski definition) is 2. The predicted molar refractivity (Wildman–Crippen MR) is 97.4 cm³/mol. The van der Waals surface area contributed by atoms with Gasteiger partial charge in [-0.2, -0.15) is 0 Å². The Balaban J connectivity index is 1.71. The van der Waals surface area contributed by atoms with Gasteiger partial charge in [-0.05, 0) is 42.5 Å². The molecule has 2 N–H and O–H groups in total. The van der Waals surface area contributed by atoms with Crippen LogP contribution >= 0.6 is 0 Å². The van der Waals surface area contributed by atoms with Gasteiger partial charge in [0, 0.05) is 23.6 Å². The fraction of sp³-hybridized carbons (Fsp3) is 0.0526. The second kappa shape index (κ2) is 8.21. The summed E-state index contributed by atoms with van der Waals surface area (Å²) in [4.78, 5) is 31.8. The number of amides is 1. The average molecular weight is 384 g/mol. The maximum Gasteiger partial charge on any atom is 0.337 e. The third-order valence-electron chi connectivity index (χ3n) is 3.63. The molecule has 0 spiro atoms. The minimum absolute atomic E-state index is 0.0217. The molecule has 0 fully saturated rings. The molecule has 0 unspecified atom stereocenters. The fourth-order valence-electron chi connectivity index (χ4n) is 2.25. The maximum atomic E-state index is 13.2. The minimum Gasteiger partial charge on any atom is -0.465 e. The number of hydrogen-bond acceptors (Lipinski definition) is 6. The van der Waals surface area contributed by atoms with E-state index in [0.29, 0.717) is 11.3 Å². The van der Waals surface area contributed by atoms with Crippen molar-refractivity contribution in [1.29, 1.82) is 0 Å². The lowest BCUT2D eigenvalue weighted by Gasteiger charge is -2.08. The number of methoxy groups -OCH3 is 1. The van der Waals surface area contributed by atoms with Gasteiger partial charge in [-0.15, -0.1) is 0 Å². The van der Waals surface area contributed by atoms with Crippen molar-refractivity contribution in [3.8, 4) is 0 Å². The van der Waals surface area contributed by atoms with Crippen LogP contribution in [0.5, 0.6) is 0 Å². The van der Waals surface area contributed by atoms with E-state index in [9.17, 15) is 18.4 Å². The van der Waals surface area contributed by atoms with Crippen LogP contribution in [-0.4, -0.2) is 29.0 Å². The van der Waals surface area contributed by atoms with Crippen LogP contribution in [-0.2, 0) is 4.74 Å². The number of anilines is 3. The van der Waals surface area contributed by atoms with Gasteiger partial charge in [-0.25, -0.2) is 23.5 Å². The summed E-state index contributed by atoms with van der Waals surface area (Å²) in [6, 6.07) is 10.8. The Morgan fingerprint density at radius 2 is 1.68 bits per heavy atom. The molecule has 0 aliphatic carbocycles. The number of nitrogens with one attached hydrogen (secondary N) is 2. The molecule has 3 aromatic rings. The molecular formula is C19H14F2N4O3. The van der Waals surface area contributed by atoms with Gasteiger partial charge in [-0.3, -0.25) is 4.79 Å². The number of aromatic nitrogens is 2. The Morgan fingerprint density at radius 1 is 0.964 bits per heavy atom. The number of rotatable bonds is 5. The van der Waals surface area contributed by atoms with E-state index in [4.69, 9.17) is 0 Å². The van der Waals surface area contributed by atoms with Crippen LogP contribution in [0.25, 0.3) is 0 Å². The fourth-order valence-corrected chi connectivity index (χ4v) is 2.25. The first-order valence-electron chi connectivity index (χ1n) is 8.01. The molecule has 0 saturated heterocycles. The molecule has 9 heteroatoms. The van der Waals surface area contributed by atoms with Crippen LogP contribution < -0.4 is 10.6 Å². The van der Waals surface area contributed by atoms with Crippen molar-refractivity contribution in [1.82, 2.24) is 9.97 Å². The van der Waals surface area contributed by atoms with Gasteiger partial charge in [0.2, 0.25) is 5.95 Å². The zero-order valence-electron chi connectivity index (χ0n) is 14.6. The van der Waals surface area contributed by atoms with E-state index in [2.05, 4.69) is 25.3 Å². The quantitative estimate of drug-likeness (QED) is 0.654. The van der Waals surface area contributed by atoms with Crippen molar-refractivity contribution in [2.24, 2.45) is 0 Å². The minimum atomic E-state index is -1.07. The Hall–Kier alpha value is -3.88. The first kappa shape index (κ1) is 18.9. The molecule has 0 aliphatic heterocycles. The smallest absolute Gasteiger partial charge is 0.337 e. The molecule has 1 heterocycles. The number of carbonyl (C=O) groups excluding carboxylic acids is 2. The van der Waals surface area contributed by atoms with E-state index in [-0.39, 0.29) is 17.3 Å². The molecule has 0 radical (unpaired) electrons. The Labute approximate surface area is 158 Å². The average Bonchev–Trinajstić information content (AvgIpc) is 2.71. The third kappa shape index (κ3) is 4.44. The molecule has 3 rings (SSSR count). The number of nitrogens with zero attached hydrogens (tertiary/aromatic N) is 2. The summed E-state index contributed by atoms with van der Waals surface area (Å²) in [5.41, 5.74) is 1.09. The molecular weight excluding hydrogens is 370 g/mol. The van der Waals surface area contributed by atoms with Crippen LogP contribution in [0, 0.1) is 11.6 Å². The Bertz CT molecular complexity index is 1030. The summed E-state index contributed by atoms with van der Waals surface area (Å²) < 4.78 is 30.8. The maximum absolute atomic E-state index is 13.2. The second-order valence-corrected chi connectivity index (χ2v) is 5.54. The standard InChI is InChI=1S/C19H14F2N4O3/c1-28-18(27)11-2-4-12(5-3-11)24-19-22-9-8-16(25-19)17(26)23-13-6-7-14(20)15(21)10-13/h2-10H,1H3,(H,23,26)(H,22,24,25). The summed E-state index contributed by atoms with van der Waals surface area (Å²) in [6.45, 7) is 0. The third-order valence-corrected chi connectivity index (χ3v) is 3.63. The van der Waals surface area contributed by atoms with Gasteiger partial charge < -0.3 is 15.4 Å². The highest BCUT2D eigenvalue weighted by molar-refractivity contribution is 6.03. The number of carbonyl (C=O) groups is 2. The second-order valence-electron chi connectivity index (χ2n) is 5.54. The number of benzene rings is 2. The highest BCUT2D eigenvalue weighted by Crippen LogP contribution is 2.16. The molecule has 1 aromatic heterocycles. The van der Waals surface area contributed by atoms with E-state index in [0.717, 1.165) is 12.1 Å². The molecule has 2 aromatic carbocycles. The van der Waals surface area contributed by atoms with Gasteiger partial charge in [0.05, 0.1) is 12.7 Å². The predicted octanol–water partition coefficient (Wildman–Crippen LogP) is 3.54. The topological polar surface area (TPSA) is 93.2 Å². The zero-order chi connectivity index (χ0) is 20.1. The van der Waals surface area contributed by atoms with E-state index in [1.54, 1.807) is 24.3 Å². The van der Waals surface area contributed by atoms with E-state index in [1.165, 1.54) is 25.4 Å². The van der Waals surface area contributed by atoms with Crippen LogP contribution in [0.2, 0.25) is 0 Å². The normalized spacial score (nSPS) is 10.2. The molecule has 0 saturated carbocycles. The van der Waals surface area contributed by atoms with Crippen molar-refractivity contribution in [2.75, 3.05) is 17.7 Å². The zero-order valence-corrected chi connectivity index (χ0v) is 14.6. The first-order valence-corrected chi connectivity index (χ1v) is 8.01. The monoisotopic (exact) mass is 384 g/mol. The lowest BCUT2D eigenvalue weighted by molar-refractivity contribution is 0.0600. The molecule has 7 nitrogen and oxygen atoms in total. The van der Waals surface area contributed by atoms with Gasteiger partial charge in [-0.1, -0.05) is 0 Å². The Kier molecular flexibility index (Phi) is 5.54. The number of halogens is 2. The lowest BCUT2D eigenvalue weighted by Crippen LogP contribution is -2.15. The van der Waals surface area contributed by atoms with Gasteiger partial charge in [0.15, 0.2) is 11.6 Å². The summed E-state index contributed by atoms with van der Waals surface area (Å²) in [6.07, 6.45) is 1.37. The Morgan fingerprint density at radius 3 is 2.36 bits per heavy atom. The summed E-state index contributed by atoms with van der Waals surface area (Å²) in [7, 11) is 1.29. The van der Waals surface area contributed by atoms with Crippen molar-refractivity contribution in [3.63, 3.8) is 0 Å². The largest absolute Gasteiger partial charge is 0.465 e. The first-order chi connectivity index (χ1) is 13.5. The van der Waals surface area contributed by atoms with Gasteiger partial charge in [0.1, 0.15) is 5.69 Å². The molecule has 0 aliphatic rings. The van der Waals surface area contributed by atoms with Gasteiger partial charge in [0.25, 0.3) is 5.91 Å². The van der Waals surface area contributed by atoms with Crippen LogP contribution in [0.3, 0.4) is 0 Å². The highest BCUT2D eigenvalue weighted by Gasteiger charge is 2.11.